The zero-order chi connectivity index (χ0) is 18.8. The van der Waals surface area contributed by atoms with Crippen LogP contribution in [-0.2, 0) is 16.2 Å². The third-order valence-corrected chi connectivity index (χ3v) is 5.41. The highest BCUT2D eigenvalue weighted by Gasteiger charge is 2.34. The molecule has 136 valence electrons. The van der Waals surface area contributed by atoms with Gasteiger partial charge in [0, 0.05) is 17.5 Å². The molecule has 1 aromatic carbocycles. The van der Waals surface area contributed by atoms with Gasteiger partial charge in [-0.05, 0) is 24.6 Å². The van der Waals surface area contributed by atoms with Crippen molar-refractivity contribution in [3.8, 4) is 0 Å². The number of thiazole rings is 1. The lowest BCUT2D eigenvalue weighted by molar-refractivity contribution is -0.140. The molecule has 2 rings (SSSR count). The molecule has 0 aliphatic rings. The summed E-state index contributed by atoms with van der Waals surface area (Å²) in [6, 6.07) is 3.96. The average molecular weight is 393 g/mol. The molecule has 0 spiro atoms. The highest BCUT2D eigenvalue weighted by atomic mass is 32.2. The molecule has 0 radical (unpaired) electrons. The van der Waals surface area contributed by atoms with Crippen molar-refractivity contribution in [1.29, 1.82) is 0 Å². The molecule has 11 heteroatoms. The summed E-state index contributed by atoms with van der Waals surface area (Å²) in [4.78, 5) is 15.5. The summed E-state index contributed by atoms with van der Waals surface area (Å²) in [6.45, 7) is 3.37. The minimum atomic E-state index is -4.60. The van der Waals surface area contributed by atoms with Gasteiger partial charge in [-0.3, -0.25) is 10.1 Å². The molecular weight excluding hydrogens is 379 g/mol. The summed E-state index contributed by atoms with van der Waals surface area (Å²) in [5, 5.41) is 2.82. The number of benzene rings is 1. The van der Waals surface area contributed by atoms with Crippen molar-refractivity contribution < 1.29 is 26.4 Å². The standard InChI is InChI=1S/C14H14F3N3O3S2/c1-3-18-25(22,23)9-5-4-8(2)10(6-9)12(21)20-13-19-11(7-24-13)14(15,16)17/h4-7,18H,3H2,1-2H3,(H,19,20,21). The number of nitrogens with one attached hydrogen (secondary N) is 2. The fraction of sp³-hybridized carbons (Fsp3) is 0.286. The lowest BCUT2D eigenvalue weighted by Gasteiger charge is -2.09. The summed E-state index contributed by atoms with van der Waals surface area (Å²) >= 11 is 0.629. The van der Waals surface area contributed by atoms with Crippen LogP contribution < -0.4 is 10.0 Å². The highest BCUT2D eigenvalue weighted by Crippen LogP contribution is 2.31. The number of anilines is 1. The highest BCUT2D eigenvalue weighted by molar-refractivity contribution is 7.89. The first kappa shape index (κ1) is 19.3. The molecule has 1 amide bonds. The van der Waals surface area contributed by atoms with Gasteiger partial charge >= 0.3 is 6.18 Å². The number of carbonyl (C=O) groups excluding carboxylic acids is 1. The van der Waals surface area contributed by atoms with Crippen molar-refractivity contribution in [1.82, 2.24) is 9.71 Å². The molecule has 0 aliphatic heterocycles. The summed E-state index contributed by atoms with van der Waals surface area (Å²) < 4.78 is 63.9. The van der Waals surface area contributed by atoms with E-state index in [4.69, 9.17) is 0 Å². The van der Waals surface area contributed by atoms with Gasteiger partial charge in [-0.15, -0.1) is 11.3 Å². The van der Waals surface area contributed by atoms with Crippen LogP contribution in [0.3, 0.4) is 0 Å². The maximum Gasteiger partial charge on any atom is 0.434 e. The fourth-order valence-electron chi connectivity index (χ4n) is 1.91. The first-order valence-electron chi connectivity index (χ1n) is 6.99. The third-order valence-electron chi connectivity index (χ3n) is 3.11. The second-order valence-corrected chi connectivity index (χ2v) is 7.59. The quantitative estimate of drug-likeness (QED) is 0.817. The average Bonchev–Trinajstić information content (AvgIpc) is 2.96. The number of carbonyl (C=O) groups is 1. The van der Waals surface area contributed by atoms with E-state index in [1.807, 2.05) is 0 Å². The van der Waals surface area contributed by atoms with Crippen LogP contribution in [0.15, 0.2) is 28.5 Å². The monoisotopic (exact) mass is 393 g/mol. The predicted octanol–water partition coefficient (Wildman–Crippen LogP) is 3.02. The van der Waals surface area contributed by atoms with Crippen LogP contribution in [0.1, 0.15) is 28.5 Å². The Morgan fingerprint density at radius 2 is 2.00 bits per heavy atom. The molecule has 2 N–H and O–H groups in total. The predicted molar refractivity (Wildman–Crippen MR) is 87.1 cm³/mol. The van der Waals surface area contributed by atoms with Gasteiger partial charge in [-0.2, -0.15) is 13.2 Å². The van der Waals surface area contributed by atoms with Crippen molar-refractivity contribution in [3.05, 3.63) is 40.4 Å². The summed E-state index contributed by atoms with van der Waals surface area (Å²) in [6.07, 6.45) is -4.60. The third kappa shape index (κ3) is 4.55. The largest absolute Gasteiger partial charge is 0.434 e. The summed E-state index contributed by atoms with van der Waals surface area (Å²) in [5.41, 5.74) is -0.601. The topological polar surface area (TPSA) is 88.2 Å². The van der Waals surface area contributed by atoms with Gasteiger partial charge in [0.1, 0.15) is 0 Å². The van der Waals surface area contributed by atoms with Gasteiger partial charge in [-0.25, -0.2) is 18.1 Å². The van der Waals surface area contributed by atoms with E-state index in [9.17, 15) is 26.4 Å². The maximum atomic E-state index is 12.5. The fourth-order valence-corrected chi connectivity index (χ4v) is 3.69. The molecule has 0 atom stereocenters. The zero-order valence-corrected chi connectivity index (χ0v) is 14.8. The number of aromatic nitrogens is 1. The van der Waals surface area contributed by atoms with Crippen LogP contribution >= 0.6 is 11.3 Å². The van der Waals surface area contributed by atoms with Crippen molar-refractivity contribution >= 4 is 32.4 Å². The second kappa shape index (κ2) is 7.10. The minimum Gasteiger partial charge on any atom is -0.298 e. The Hall–Kier alpha value is -1.98. The molecule has 1 aromatic heterocycles. The van der Waals surface area contributed by atoms with E-state index in [1.165, 1.54) is 18.2 Å². The van der Waals surface area contributed by atoms with Crippen LogP contribution in [0.25, 0.3) is 0 Å². The van der Waals surface area contributed by atoms with Crippen LogP contribution in [0.5, 0.6) is 0 Å². The smallest absolute Gasteiger partial charge is 0.298 e. The Bertz CT molecular complexity index is 892. The molecule has 0 fully saturated rings. The van der Waals surface area contributed by atoms with Crippen LogP contribution in [0.2, 0.25) is 0 Å². The summed E-state index contributed by atoms with van der Waals surface area (Å²) in [7, 11) is -3.76. The number of halogens is 3. The lowest BCUT2D eigenvalue weighted by Crippen LogP contribution is -2.24. The number of sulfonamides is 1. The van der Waals surface area contributed by atoms with E-state index in [1.54, 1.807) is 13.8 Å². The van der Waals surface area contributed by atoms with Crippen molar-refractivity contribution in [2.45, 2.75) is 24.9 Å². The number of nitrogens with zero attached hydrogens (tertiary/aromatic N) is 1. The van der Waals surface area contributed by atoms with Crippen LogP contribution in [0.4, 0.5) is 18.3 Å². The zero-order valence-electron chi connectivity index (χ0n) is 13.1. The van der Waals surface area contributed by atoms with Crippen molar-refractivity contribution in [3.63, 3.8) is 0 Å². The Kier molecular flexibility index (Phi) is 5.49. The van der Waals surface area contributed by atoms with Gasteiger partial charge in [0.05, 0.1) is 4.90 Å². The Morgan fingerprint density at radius 3 is 2.56 bits per heavy atom. The van der Waals surface area contributed by atoms with Gasteiger partial charge in [0.25, 0.3) is 5.91 Å². The van der Waals surface area contributed by atoms with E-state index in [0.717, 1.165) is 5.38 Å². The molecule has 0 unspecified atom stereocenters. The van der Waals surface area contributed by atoms with E-state index in [-0.39, 0.29) is 22.1 Å². The number of rotatable bonds is 5. The van der Waals surface area contributed by atoms with Gasteiger partial charge in [0.2, 0.25) is 10.0 Å². The molecule has 0 bridgehead atoms. The van der Waals surface area contributed by atoms with Crippen LogP contribution in [0, 0.1) is 6.92 Å². The Labute approximate surface area is 146 Å². The number of alkyl halides is 3. The normalized spacial score (nSPS) is 12.2. The molecule has 0 aliphatic carbocycles. The van der Waals surface area contributed by atoms with Gasteiger partial charge < -0.3 is 0 Å². The first-order valence-corrected chi connectivity index (χ1v) is 9.35. The maximum absolute atomic E-state index is 12.5. The Balaban J connectivity index is 2.29. The minimum absolute atomic E-state index is 0.0303. The molecule has 1 heterocycles. The molecular formula is C14H14F3N3O3S2. The second-order valence-electron chi connectivity index (χ2n) is 4.97. The van der Waals surface area contributed by atoms with E-state index in [0.29, 0.717) is 16.9 Å². The van der Waals surface area contributed by atoms with Gasteiger partial charge in [-0.1, -0.05) is 13.0 Å². The molecule has 2 aromatic rings. The van der Waals surface area contributed by atoms with Crippen molar-refractivity contribution in [2.75, 3.05) is 11.9 Å². The molecule has 0 saturated carbocycles. The molecule has 6 nitrogen and oxygen atoms in total. The van der Waals surface area contributed by atoms with E-state index < -0.39 is 27.8 Å². The SMILES string of the molecule is CCNS(=O)(=O)c1ccc(C)c(C(=O)Nc2nc(C(F)(F)F)cs2)c1. The molecule has 25 heavy (non-hydrogen) atoms. The number of hydrogen-bond donors (Lipinski definition) is 2. The number of aryl methyl sites for hydroxylation is 1. The van der Waals surface area contributed by atoms with E-state index in [2.05, 4.69) is 15.0 Å². The summed E-state index contributed by atoms with van der Waals surface area (Å²) in [5.74, 6) is -0.742. The Morgan fingerprint density at radius 1 is 1.32 bits per heavy atom. The van der Waals surface area contributed by atoms with Crippen molar-refractivity contribution in [2.24, 2.45) is 0 Å². The van der Waals surface area contributed by atoms with Crippen LogP contribution in [-0.4, -0.2) is 25.9 Å². The van der Waals surface area contributed by atoms with E-state index >= 15 is 0 Å². The van der Waals surface area contributed by atoms with Gasteiger partial charge in [0.15, 0.2) is 10.8 Å². The number of hydrogen-bond acceptors (Lipinski definition) is 5. The lowest BCUT2D eigenvalue weighted by atomic mass is 10.1. The first-order chi connectivity index (χ1) is 11.5. The number of amides is 1. The molecule has 0 saturated heterocycles.